The zero-order valence-electron chi connectivity index (χ0n) is 12.5. The number of anilines is 1. The molecule has 1 aromatic rings. The Bertz CT molecular complexity index is 463. The molecule has 0 spiro atoms. The molecule has 1 unspecified atom stereocenters. The minimum Gasteiger partial charge on any atom is -0.389 e. The Balaban J connectivity index is 1.96. The second-order valence-corrected chi connectivity index (χ2v) is 5.21. The maximum atomic E-state index is 12.1. The number of fused-ring (bicyclic) bond motifs is 1. The molecule has 0 saturated heterocycles. The number of β-amino-alcohol motifs (C(OH)–C–C–N with tert-alkyl or cyclic N) is 1. The van der Waals surface area contributed by atoms with Crippen molar-refractivity contribution < 1.29 is 19.4 Å². The third-order valence-electron chi connectivity index (χ3n) is 3.55. The van der Waals surface area contributed by atoms with E-state index in [4.69, 9.17) is 9.47 Å². The second kappa shape index (κ2) is 8.12. The summed E-state index contributed by atoms with van der Waals surface area (Å²) in [6.45, 7) is 2.52. The first kappa shape index (κ1) is 15.9. The van der Waals surface area contributed by atoms with Gasteiger partial charge in [-0.25, -0.2) is 0 Å². The predicted molar refractivity (Wildman–Crippen MR) is 80.9 cm³/mol. The lowest BCUT2D eigenvalue weighted by atomic mass is 10.1. The van der Waals surface area contributed by atoms with Crippen LogP contribution in [0.2, 0.25) is 0 Å². The summed E-state index contributed by atoms with van der Waals surface area (Å²) in [6, 6.07) is 7.60. The van der Waals surface area contributed by atoms with E-state index in [1.807, 2.05) is 24.3 Å². The van der Waals surface area contributed by atoms with Gasteiger partial charge in [-0.3, -0.25) is 4.79 Å². The fourth-order valence-corrected chi connectivity index (χ4v) is 2.53. The summed E-state index contributed by atoms with van der Waals surface area (Å²) >= 11 is 0. The Morgan fingerprint density at radius 2 is 2.14 bits per heavy atom. The number of carbonyl (C=O) groups excluding carboxylic acids is 1. The highest BCUT2D eigenvalue weighted by atomic mass is 16.5. The van der Waals surface area contributed by atoms with Gasteiger partial charge >= 0.3 is 0 Å². The normalized spacial score (nSPS) is 16.5. The van der Waals surface area contributed by atoms with Gasteiger partial charge in [0.15, 0.2) is 5.78 Å². The van der Waals surface area contributed by atoms with Gasteiger partial charge < -0.3 is 19.5 Å². The van der Waals surface area contributed by atoms with Gasteiger partial charge in [-0.1, -0.05) is 12.1 Å². The minimum atomic E-state index is -0.580. The van der Waals surface area contributed by atoms with Gasteiger partial charge in [0.05, 0.1) is 25.9 Å². The van der Waals surface area contributed by atoms with Crippen molar-refractivity contribution in [2.75, 3.05) is 44.9 Å². The number of hydrogen-bond donors (Lipinski definition) is 1. The van der Waals surface area contributed by atoms with Crippen molar-refractivity contribution >= 4 is 11.5 Å². The zero-order valence-corrected chi connectivity index (χ0v) is 12.5. The first-order valence-electron chi connectivity index (χ1n) is 7.34. The van der Waals surface area contributed by atoms with Crippen LogP contribution in [0.1, 0.15) is 23.2 Å². The average Bonchev–Trinajstić information content (AvgIpc) is 2.64. The topological polar surface area (TPSA) is 59.0 Å². The average molecular weight is 293 g/mol. The molecule has 1 atom stereocenters. The molecule has 1 heterocycles. The van der Waals surface area contributed by atoms with Crippen molar-refractivity contribution in [3.8, 4) is 0 Å². The van der Waals surface area contributed by atoms with Crippen LogP contribution < -0.4 is 4.90 Å². The number of aliphatic hydroxyl groups is 1. The smallest absolute Gasteiger partial charge is 0.165 e. The maximum absolute atomic E-state index is 12.1. The second-order valence-electron chi connectivity index (χ2n) is 5.21. The molecule has 0 bridgehead atoms. The fraction of sp³-hybridized carbons (Fsp3) is 0.562. The molecule has 0 fully saturated rings. The third-order valence-corrected chi connectivity index (χ3v) is 3.55. The molecule has 0 radical (unpaired) electrons. The summed E-state index contributed by atoms with van der Waals surface area (Å²) in [7, 11) is 1.62. The van der Waals surface area contributed by atoms with Gasteiger partial charge in [-0.15, -0.1) is 0 Å². The van der Waals surface area contributed by atoms with Crippen LogP contribution in [-0.2, 0) is 9.47 Å². The monoisotopic (exact) mass is 293 g/mol. The molecule has 0 aliphatic carbocycles. The lowest BCUT2D eigenvalue weighted by molar-refractivity contribution is 0.0161. The van der Waals surface area contributed by atoms with Gasteiger partial charge in [0.1, 0.15) is 0 Å². The van der Waals surface area contributed by atoms with E-state index in [1.165, 1.54) is 0 Å². The van der Waals surface area contributed by atoms with E-state index in [-0.39, 0.29) is 12.4 Å². The highest BCUT2D eigenvalue weighted by Crippen LogP contribution is 2.26. The summed E-state index contributed by atoms with van der Waals surface area (Å²) in [5.41, 5.74) is 1.67. The number of benzene rings is 1. The van der Waals surface area contributed by atoms with Crippen LogP contribution in [0.3, 0.4) is 0 Å². The van der Waals surface area contributed by atoms with Crippen molar-refractivity contribution in [2.45, 2.75) is 18.9 Å². The number of nitrogens with zero attached hydrogens (tertiary/aromatic N) is 1. The van der Waals surface area contributed by atoms with Crippen LogP contribution in [0.15, 0.2) is 24.3 Å². The lowest BCUT2D eigenvalue weighted by Gasteiger charge is -2.27. The Morgan fingerprint density at radius 3 is 2.95 bits per heavy atom. The Labute approximate surface area is 125 Å². The molecule has 1 aliphatic rings. The molecule has 2 rings (SSSR count). The van der Waals surface area contributed by atoms with E-state index in [2.05, 4.69) is 4.90 Å². The summed E-state index contributed by atoms with van der Waals surface area (Å²) in [5.74, 6) is 0.180. The van der Waals surface area contributed by atoms with Crippen LogP contribution in [0.25, 0.3) is 0 Å². The van der Waals surface area contributed by atoms with Gasteiger partial charge in [0, 0.05) is 37.9 Å². The standard InChI is InChI=1S/C16H23NO4/c1-20-9-10-21-12-13(18)11-17-8-4-7-16(19)14-5-2-3-6-15(14)17/h2-3,5-6,13,18H,4,7-12H2,1H3. The molecule has 0 saturated carbocycles. The number of rotatable bonds is 7. The first-order valence-corrected chi connectivity index (χ1v) is 7.34. The summed E-state index contributed by atoms with van der Waals surface area (Å²) in [6.07, 6.45) is 0.793. The van der Waals surface area contributed by atoms with Crippen molar-refractivity contribution in [3.05, 3.63) is 29.8 Å². The quantitative estimate of drug-likeness (QED) is 0.772. The summed E-state index contributed by atoms with van der Waals surface area (Å²) < 4.78 is 10.2. The first-order chi connectivity index (χ1) is 10.2. The molecule has 21 heavy (non-hydrogen) atoms. The molecule has 0 aromatic heterocycles. The van der Waals surface area contributed by atoms with E-state index in [0.717, 1.165) is 24.2 Å². The number of ether oxygens (including phenoxy) is 2. The molecule has 5 heteroatoms. The number of Topliss-reactive ketones (excluding diaryl/α,β-unsaturated/α-hetero) is 1. The van der Waals surface area contributed by atoms with Crippen molar-refractivity contribution in [1.29, 1.82) is 0 Å². The van der Waals surface area contributed by atoms with Gasteiger partial charge in [0.25, 0.3) is 0 Å². The van der Waals surface area contributed by atoms with Crippen molar-refractivity contribution in [2.24, 2.45) is 0 Å². The van der Waals surface area contributed by atoms with Crippen LogP contribution in [0, 0.1) is 0 Å². The predicted octanol–water partition coefficient (Wildman–Crippen LogP) is 1.49. The van der Waals surface area contributed by atoms with Crippen LogP contribution in [-0.4, -0.2) is 57.0 Å². The van der Waals surface area contributed by atoms with Crippen LogP contribution in [0.4, 0.5) is 5.69 Å². The van der Waals surface area contributed by atoms with Gasteiger partial charge in [0.2, 0.25) is 0 Å². The molecule has 0 amide bonds. The molecular weight excluding hydrogens is 270 g/mol. The highest BCUT2D eigenvalue weighted by molar-refractivity contribution is 6.01. The van der Waals surface area contributed by atoms with E-state index >= 15 is 0 Å². The van der Waals surface area contributed by atoms with Gasteiger partial charge in [-0.05, 0) is 18.6 Å². The van der Waals surface area contributed by atoms with E-state index < -0.39 is 6.10 Å². The third kappa shape index (κ3) is 4.52. The minimum absolute atomic E-state index is 0.180. The molecular formula is C16H23NO4. The number of aliphatic hydroxyl groups excluding tert-OH is 1. The SMILES string of the molecule is COCCOCC(O)CN1CCCC(=O)c2ccccc21. The molecule has 5 nitrogen and oxygen atoms in total. The summed E-state index contributed by atoms with van der Waals surface area (Å²) in [4.78, 5) is 14.1. The Kier molecular flexibility index (Phi) is 6.17. The fourth-order valence-electron chi connectivity index (χ4n) is 2.53. The largest absolute Gasteiger partial charge is 0.389 e. The number of carbonyl (C=O) groups is 1. The van der Waals surface area contributed by atoms with E-state index in [1.54, 1.807) is 7.11 Å². The number of methoxy groups -OCH3 is 1. The molecule has 116 valence electrons. The number of ketones is 1. The molecule has 1 aliphatic heterocycles. The molecule has 1 aromatic carbocycles. The van der Waals surface area contributed by atoms with Gasteiger partial charge in [-0.2, -0.15) is 0 Å². The lowest BCUT2D eigenvalue weighted by Crippen LogP contribution is -2.35. The summed E-state index contributed by atoms with van der Waals surface area (Å²) in [5, 5.41) is 10.1. The molecule has 1 N–H and O–H groups in total. The van der Waals surface area contributed by atoms with E-state index in [0.29, 0.717) is 26.2 Å². The van der Waals surface area contributed by atoms with E-state index in [9.17, 15) is 9.90 Å². The van der Waals surface area contributed by atoms with Crippen LogP contribution >= 0.6 is 0 Å². The van der Waals surface area contributed by atoms with Crippen molar-refractivity contribution in [3.63, 3.8) is 0 Å². The van der Waals surface area contributed by atoms with Crippen LogP contribution in [0.5, 0.6) is 0 Å². The Morgan fingerprint density at radius 1 is 1.33 bits per heavy atom. The Hall–Kier alpha value is -1.43. The highest BCUT2D eigenvalue weighted by Gasteiger charge is 2.22. The number of para-hydroxylation sites is 1. The zero-order chi connectivity index (χ0) is 15.1. The number of hydrogen-bond acceptors (Lipinski definition) is 5. The van der Waals surface area contributed by atoms with Crippen molar-refractivity contribution in [1.82, 2.24) is 0 Å². The maximum Gasteiger partial charge on any atom is 0.165 e.